The molecular formula is C27H26N6O3. The van der Waals surface area contributed by atoms with Crippen LogP contribution in [0.3, 0.4) is 0 Å². The Morgan fingerprint density at radius 2 is 1.86 bits per heavy atom. The number of ether oxygens (including phenoxy) is 1. The van der Waals surface area contributed by atoms with Crippen LogP contribution in [0, 0.1) is 0 Å². The van der Waals surface area contributed by atoms with Crippen molar-refractivity contribution in [1.82, 2.24) is 15.4 Å². The second-order valence-corrected chi connectivity index (χ2v) is 8.46. The van der Waals surface area contributed by atoms with E-state index in [1.165, 1.54) is 0 Å². The molecule has 1 aliphatic heterocycles. The van der Waals surface area contributed by atoms with Crippen LogP contribution in [-0.2, 0) is 6.42 Å². The molecule has 0 radical (unpaired) electrons. The fraction of sp³-hybridized carbons (Fsp3) is 0.185. The maximum atomic E-state index is 13.3. The van der Waals surface area contributed by atoms with E-state index < -0.39 is 0 Å². The highest BCUT2D eigenvalue weighted by Crippen LogP contribution is 2.37. The quantitative estimate of drug-likeness (QED) is 0.245. The third kappa shape index (κ3) is 4.20. The normalized spacial score (nSPS) is 12.7. The van der Waals surface area contributed by atoms with Crippen LogP contribution in [-0.4, -0.2) is 42.0 Å². The van der Waals surface area contributed by atoms with E-state index in [1.807, 2.05) is 54.3 Å². The van der Waals surface area contributed by atoms with Crippen molar-refractivity contribution in [3.05, 3.63) is 83.7 Å². The Morgan fingerprint density at radius 3 is 2.67 bits per heavy atom. The van der Waals surface area contributed by atoms with Crippen LogP contribution in [0.15, 0.2) is 67.0 Å². The van der Waals surface area contributed by atoms with Crippen molar-refractivity contribution in [3.63, 3.8) is 0 Å². The number of aromatic nitrogens is 2. The SMILES string of the molecule is CCN1c2ncc(CCOc3ccc4cc(C(=O)NN)ccc4c3)cc2C(=O)N(C)c2cccnc21. The number of pyridine rings is 2. The number of amides is 2. The Kier molecular flexibility index (Phi) is 6.22. The minimum Gasteiger partial charge on any atom is -0.493 e. The summed E-state index contributed by atoms with van der Waals surface area (Å²) in [5.41, 5.74) is 4.83. The third-order valence-electron chi connectivity index (χ3n) is 6.28. The molecule has 182 valence electrons. The molecule has 2 aromatic carbocycles. The van der Waals surface area contributed by atoms with E-state index in [0.29, 0.717) is 42.3 Å². The number of nitrogens with one attached hydrogen (secondary N) is 1. The lowest BCUT2D eigenvalue weighted by Crippen LogP contribution is -2.29. The molecule has 0 fully saturated rings. The first-order valence-electron chi connectivity index (χ1n) is 11.7. The molecule has 36 heavy (non-hydrogen) atoms. The molecule has 0 spiro atoms. The van der Waals surface area contributed by atoms with Crippen LogP contribution >= 0.6 is 0 Å². The zero-order chi connectivity index (χ0) is 25.2. The van der Waals surface area contributed by atoms with E-state index in [4.69, 9.17) is 10.6 Å². The van der Waals surface area contributed by atoms with Gasteiger partial charge in [0, 0.05) is 38.0 Å². The fourth-order valence-electron chi connectivity index (χ4n) is 4.38. The first-order valence-corrected chi connectivity index (χ1v) is 11.7. The molecule has 9 heteroatoms. The van der Waals surface area contributed by atoms with Crippen molar-refractivity contribution < 1.29 is 14.3 Å². The summed E-state index contributed by atoms with van der Waals surface area (Å²) in [5.74, 6) is 6.80. The molecule has 4 aromatic rings. The number of carbonyl (C=O) groups is 2. The van der Waals surface area contributed by atoms with Gasteiger partial charge in [0.1, 0.15) is 11.6 Å². The van der Waals surface area contributed by atoms with Gasteiger partial charge in [-0.15, -0.1) is 0 Å². The molecule has 3 heterocycles. The summed E-state index contributed by atoms with van der Waals surface area (Å²) in [4.78, 5) is 37.8. The number of hydrazine groups is 1. The van der Waals surface area contributed by atoms with E-state index in [0.717, 1.165) is 27.8 Å². The van der Waals surface area contributed by atoms with Gasteiger partial charge in [-0.25, -0.2) is 15.8 Å². The van der Waals surface area contributed by atoms with Crippen molar-refractivity contribution in [3.8, 4) is 5.75 Å². The number of carbonyl (C=O) groups excluding carboxylic acids is 2. The Labute approximate surface area is 208 Å². The van der Waals surface area contributed by atoms with Gasteiger partial charge < -0.3 is 14.5 Å². The van der Waals surface area contributed by atoms with Crippen molar-refractivity contribution in [2.45, 2.75) is 13.3 Å². The predicted molar refractivity (Wildman–Crippen MR) is 139 cm³/mol. The van der Waals surface area contributed by atoms with Crippen LogP contribution < -0.4 is 25.8 Å². The van der Waals surface area contributed by atoms with Crippen LogP contribution in [0.5, 0.6) is 5.75 Å². The minimum atomic E-state index is -0.335. The summed E-state index contributed by atoms with van der Waals surface area (Å²) in [7, 11) is 1.76. The number of nitrogens with two attached hydrogens (primary N) is 1. The Bertz CT molecular complexity index is 1470. The molecule has 0 bridgehead atoms. The van der Waals surface area contributed by atoms with Crippen molar-refractivity contribution >= 4 is 39.9 Å². The van der Waals surface area contributed by atoms with Crippen LogP contribution in [0.1, 0.15) is 33.2 Å². The maximum absolute atomic E-state index is 13.3. The van der Waals surface area contributed by atoms with Crippen LogP contribution in [0.4, 0.5) is 17.3 Å². The van der Waals surface area contributed by atoms with E-state index in [1.54, 1.807) is 36.5 Å². The number of hydrogen-bond donors (Lipinski definition) is 2. The lowest BCUT2D eigenvalue weighted by Gasteiger charge is -2.22. The number of hydrogen-bond acceptors (Lipinski definition) is 7. The van der Waals surface area contributed by atoms with E-state index in [2.05, 4.69) is 15.4 Å². The highest BCUT2D eigenvalue weighted by Gasteiger charge is 2.30. The molecule has 2 amide bonds. The van der Waals surface area contributed by atoms with Gasteiger partial charge in [0.25, 0.3) is 11.8 Å². The van der Waals surface area contributed by atoms with Gasteiger partial charge in [0.05, 0.1) is 17.9 Å². The number of benzene rings is 2. The van der Waals surface area contributed by atoms with Crippen molar-refractivity contribution in [2.75, 3.05) is 30.0 Å². The number of anilines is 3. The lowest BCUT2D eigenvalue weighted by molar-refractivity contribution is 0.0952. The van der Waals surface area contributed by atoms with Crippen molar-refractivity contribution in [2.24, 2.45) is 5.84 Å². The van der Waals surface area contributed by atoms with Gasteiger partial charge in [-0.05, 0) is 65.7 Å². The van der Waals surface area contributed by atoms with Gasteiger partial charge in [-0.1, -0.05) is 12.1 Å². The summed E-state index contributed by atoms with van der Waals surface area (Å²) >= 11 is 0. The van der Waals surface area contributed by atoms with Crippen LogP contribution in [0.25, 0.3) is 10.8 Å². The molecule has 5 rings (SSSR count). The standard InChI is InChI=1S/C27H26N6O3/c1-3-33-24-22(27(35)32(2)23-5-4-11-29-25(23)33)13-17(16-30-24)10-12-36-21-9-8-18-14-20(26(34)31-28)7-6-19(18)15-21/h4-9,11,13-16H,3,10,12,28H2,1-2H3,(H,31,34). The third-order valence-corrected chi connectivity index (χ3v) is 6.28. The van der Waals surface area contributed by atoms with E-state index in [9.17, 15) is 9.59 Å². The summed E-state index contributed by atoms with van der Waals surface area (Å²) < 4.78 is 5.98. The van der Waals surface area contributed by atoms with Gasteiger partial charge in [-0.3, -0.25) is 15.0 Å². The second kappa shape index (κ2) is 9.63. The number of nitrogens with zero attached hydrogens (tertiary/aromatic N) is 4. The first-order chi connectivity index (χ1) is 17.5. The first kappa shape index (κ1) is 23.3. The van der Waals surface area contributed by atoms with Gasteiger partial charge >= 0.3 is 0 Å². The molecule has 2 aromatic heterocycles. The van der Waals surface area contributed by atoms with Crippen LogP contribution in [0.2, 0.25) is 0 Å². The zero-order valence-electron chi connectivity index (χ0n) is 20.1. The molecule has 1 aliphatic rings. The molecule has 0 unspecified atom stereocenters. The Hall–Kier alpha value is -4.50. The molecule has 0 atom stereocenters. The maximum Gasteiger partial charge on any atom is 0.265 e. The molecule has 0 aliphatic carbocycles. The van der Waals surface area contributed by atoms with Gasteiger partial charge in [0.2, 0.25) is 0 Å². The largest absolute Gasteiger partial charge is 0.493 e. The van der Waals surface area contributed by atoms with E-state index >= 15 is 0 Å². The highest BCUT2D eigenvalue weighted by atomic mass is 16.5. The van der Waals surface area contributed by atoms with Gasteiger partial charge in [-0.2, -0.15) is 0 Å². The Morgan fingerprint density at radius 1 is 1.06 bits per heavy atom. The molecular weight excluding hydrogens is 456 g/mol. The smallest absolute Gasteiger partial charge is 0.265 e. The second-order valence-electron chi connectivity index (χ2n) is 8.46. The van der Waals surface area contributed by atoms with Crippen molar-refractivity contribution in [1.29, 1.82) is 0 Å². The average molecular weight is 483 g/mol. The number of rotatable bonds is 6. The monoisotopic (exact) mass is 482 g/mol. The minimum absolute atomic E-state index is 0.123. The molecule has 0 saturated carbocycles. The summed E-state index contributed by atoms with van der Waals surface area (Å²) in [6.45, 7) is 3.07. The fourth-order valence-corrected chi connectivity index (χ4v) is 4.38. The predicted octanol–water partition coefficient (Wildman–Crippen LogP) is 3.60. The summed E-state index contributed by atoms with van der Waals surface area (Å²) in [6.07, 6.45) is 4.10. The summed E-state index contributed by atoms with van der Waals surface area (Å²) in [6, 6.07) is 16.7. The zero-order valence-corrected chi connectivity index (χ0v) is 20.1. The lowest BCUT2D eigenvalue weighted by atomic mass is 10.1. The highest BCUT2D eigenvalue weighted by molar-refractivity contribution is 6.12. The molecule has 0 saturated heterocycles. The van der Waals surface area contributed by atoms with E-state index in [-0.39, 0.29) is 11.8 Å². The number of fused-ring (bicyclic) bond motifs is 3. The number of nitrogen functional groups attached to an aromatic ring is 1. The summed E-state index contributed by atoms with van der Waals surface area (Å²) in [5, 5.41) is 1.87. The Balaban J connectivity index is 1.33. The molecule has 9 nitrogen and oxygen atoms in total. The van der Waals surface area contributed by atoms with Gasteiger partial charge in [0.15, 0.2) is 5.82 Å². The average Bonchev–Trinajstić information content (AvgIpc) is 3.00. The molecule has 3 N–H and O–H groups in total. The topological polar surface area (TPSA) is 114 Å².